The van der Waals surface area contributed by atoms with E-state index in [-0.39, 0.29) is 11.7 Å². The molecular formula is C15H18F2OS2. The third kappa shape index (κ3) is 3.50. The number of rotatable bonds is 4. The Morgan fingerprint density at radius 1 is 1.25 bits per heavy atom. The monoisotopic (exact) mass is 316 g/mol. The largest absolute Gasteiger partial charge is 0.491 e. The van der Waals surface area contributed by atoms with Crippen molar-refractivity contribution in [3.63, 3.8) is 0 Å². The maximum Gasteiger partial charge on any atom is 0.200 e. The summed E-state index contributed by atoms with van der Waals surface area (Å²) in [5.74, 6) is 0.0495. The van der Waals surface area contributed by atoms with Crippen molar-refractivity contribution < 1.29 is 13.5 Å². The Bertz CT molecular complexity index is 483. The van der Waals surface area contributed by atoms with Crippen LogP contribution < -0.4 is 4.74 Å². The summed E-state index contributed by atoms with van der Waals surface area (Å²) in [7, 11) is 0. The van der Waals surface area contributed by atoms with Crippen molar-refractivity contribution in [2.24, 2.45) is 0 Å². The first-order chi connectivity index (χ1) is 9.67. The molecule has 0 atom stereocenters. The van der Waals surface area contributed by atoms with Gasteiger partial charge in [-0.1, -0.05) is 18.2 Å². The Kier molecular flexibility index (Phi) is 5.78. The number of ether oxygens (including phenoxy) is 1. The van der Waals surface area contributed by atoms with Gasteiger partial charge in [0.05, 0.1) is 11.2 Å². The Balaban J connectivity index is 2.12. The Labute approximate surface area is 127 Å². The van der Waals surface area contributed by atoms with Crippen LogP contribution in [0.2, 0.25) is 0 Å². The van der Waals surface area contributed by atoms with E-state index in [2.05, 4.69) is 6.08 Å². The summed E-state index contributed by atoms with van der Waals surface area (Å²) in [5.41, 5.74) is 0.463. The molecule has 0 N–H and O–H groups in total. The van der Waals surface area contributed by atoms with Gasteiger partial charge < -0.3 is 4.74 Å². The molecule has 1 fully saturated rings. The van der Waals surface area contributed by atoms with Crippen LogP contribution in [0, 0.1) is 11.6 Å². The lowest BCUT2D eigenvalue weighted by Gasteiger charge is -2.26. The average molecular weight is 316 g/mol. The fourth-order valence-corrected chi connectivity index (χ4v) is 5.08. The molecule has 1 aliphatic heterocycles. The third-order valence-corrected chi connectivity index (χ3v) is 6.07. The van der Waals surface area contributed by atoms with Crippen LogP contribution in [0.5, 0.6) is 5.75 Å². The van der Waals surface area contributed by atoms with Crippen LogP contribution in [0.1, 0.15) is 25.3 Å². The summed E-state index contributed by atoms with van der Waals surface area (Å²) >= 11 is 3.55. The first-order valence-electron chi connectivity index (χ1n) is 6.64. The van der Waals surface area contributed by atoms with Gasteiger partial charge in [-0.15, -0.1) is 23.5 Å². The molecule has 0 radical (unpaired) electrons. The van der Waals surface area contributed by atoms with E-state index in [1.807, 2.05) is 13.0 Å². The SMILES string of the molecule is C/C=C/C1SCC(c2ccc(OCC)c(F)c2F)CS1. The smallest absolute Gasteiger partial charge is 0.200 e. The molecule has 0 unspecified atom stereocenters. The van der Waals surface area contributed by atoms with Crippen molar-refractivity contribution in [1.29, 1.82) is 0 Å². The summed E-state index contributed by atoms with van der Waals surface area (Å²) < 4.78 is 33.5. The average Bonchev–Trinajstić information content (AvgIpc) is 2.46. The van der Waals surface area contributed by atoms with Crippen LogP contribution in [0.4, 0.5) is 8.78 Å². The highest BCUT2D eigenvalue weighted by Gasteiger charge is 2.26. The standard InChI is InChI=1S/C15H18F2OS2/c1-3-5-13-19-8-10(9-20-13)11-6-7-12(18-4-2)15(17)14(11)16/h3,5-7,10,13H,4,8-9H2,1-2H3/b5-3+. The molecule has 0 aliphatic carbocycles. The summed E-state index contributed by atoms with van der Waals surface area (Å²) in [4.78, 5) is 0. The number of thioether (sulfide) groups is 2. The van der Waals surface area contributed by atoms with Crippen LogP contribution in [-0.2, 0) is 0 Å². The molecule has 1 saturated heterocycles. The second kappa shape index (κ2) is 7.36. The minimum atomic E-state index is -0.866. The first-order valence-corrected chi connectivity index (χ1v) is 8.73. The molecule has 1 nitrogen and oxygen atoms in total. The predicted molar refractivity (Wildman–Crippen MR) is 83.8 cm³/mol. The molecule has 20 heavy (non-hydrogen) atoms. The molecule has 0 saturated carbocycles. The predicted octanol–water partition coefficient (Wildman–Crippen LogP) is 4.83. The van der Waals surface area contributed by atoms with E-state index in [4.69, 9.17) is 4.74 Å². The van der Waals surface area contributed by atoms with E-state index in [1.54, 1.807) is 36.5 Å². The Hall–Kier alpha value is -0.680. The van der Waals surface area contributed by atoms with E-state index >= 15 is 0 Å². The van der Waals surface area contributed by atoms with Gasteiger partial charge in [-0.3, -0.25) is 0 Å². The zero-order valence-electron chi connectivity index (χ0n) is 11.6. The van der Waals surface area contributed by atoms with Gasteiger partial charge in [0.15, 0.2) is 11.6 Å². The highest BCUT2D eigenvalue weighted by Crippen LogP contribution is 2.40. The van der Waals surface area contributed by atoms with Gasteiger partial charge >= 0.3 is 0 Å². The zero-order chi connectivity index (χ0) is 14.5. The molecule has 0 aromatic heterocycles. The van der Waals surface area contributed by atoms with Gasteiger partial charge in [-0.2, -0.15) is 4.39 Å². The zero-order valence-corrected chi connectivity index (χ0v) is 13.2. The molecule has 0 bridgehead atoms. The molecule has 110 valence electrons. The summed E-state index contributed by atoms with van der Waals surface area (Å²) in [6.07, 6.45) is 4.17. The molecule has 1 aromatic rings. The van der Waals surface area contributed by atoms with E-state index in [0.717, 1.165) is 11.5 Å². The van der Waals surface area contributed by atoms with Gasteiger partial charge in [0.2, 0.25) is 5.82 Å². The maximum atomic E-state index is 14.1. The number of hydrogen-bond acceptors (Lipinski definition) is 3. The minimum absolute atomic E-state index is 0.00309. The van der Waals surface area contributed by atoms with Crippen molar-refractivity contribution in [2.75, 3.05) is 18.1 Å². The molecule has 1 aliphatic rings. The topological polar surface area (TPSA) is 9.23 Å². The molecule has 0 amide bonds. The molecular weight excluding hydrogens is 298 g/mol. The molecule has 2 rings (SSSR count). The third-order valence-electron chi connectivity index (χ3n) is 3.09. The minimum Gasteiger partial charge on any atom is -0.491 e. The summed E-state index contributed by atoms with van der Waals surface area (Å²) in [5, 5.41) is 0. The van der Waals surface area contributed by atoms with Gasteiger partial charge in [0, 0.05) is 17.4 Å². The normalized spacial score (nSPS) is 23.2. The van der Waals surface area contributed by atoms with Crippen LogP contribution in [0.3, 0.4) is 0 Å². The number of allylic oxidation sites excluding steroid dienone is 1. The van der Waals surface area contributed by atoms with Gasteiger partial charge in [-0.05, 0) is 25.5 Å². The molecule has 5 heteroatoms. The lowest BCUT2D eigenvalue weighted by atomic mass is 10.0. The lowest BCUT2D eigenvalue weighted by Crippen LogP contribution is -2.16. The second-order valence-electron chi connectivity index (χ2n) is 4.47. The van der Waals surface area contributed by atoms with Gasteiger partial charge in [0.25, 0.3) is 0 Å². The van der Waals surface area contributed by atoms with Gasteiger partial charge in [0.1, 0.15) is 0 Å². The molecule has 0 spiro atoms. The highest BCUT2D eigenvalue weighted by atomic mass is 32.2. The summed E-state index contributed by atoms with van der Waals surface area (Å²) in [6.45, 7) is 4.08. The quantitative estimate of drug-likeness (QED) is 0.736. The highest BCUT2D eigenvalue weighted by molar-refractivity contribution is 8.17. The fourth-order valence-electron chi connectivity index (χ4n) is 2.09. The Morgan fingerprint density at radius 2 is 1.95 bits per heavy atom. The molecule has 1 aromatic carbocycles. The molecule has 1 heterocycles. The van der Waals surface area contributed by atoms with Crippen LogP contribution in [0.15, 0.2) is 24.3 Å². The van der Waals surface area contributed by atoms with Crippen molar-refractivity contribution in [3.05, 3.63) is 41.5 Å². The first kappa shape index (κ1) is 15.7. The van der Waals surface area contributed by atoms with Crippen molar-refractivity contribution in [2.45, 2.75) is 24.3 Å². The van der Waals surface area contributed by atoms with E-state index in [9.17, 15) is 8.78 Å². The maximum absolute atomic E-state index is 14.1. The number of halogens is 2. The van der Waals surface area contributed by atoms with Crippen LogP contribution in [-0.4, -0.2) is 22.7 Å². The van der Waals surface area contributed by atoms with Gasteiger partial charge in [-0.25, -0.2) is 4.39 Å². The summed E-state index contributed by atoms with van der Waals surface area (Å²) in [6, 6.07) is 3.19. The fraction of sp³-hybridized carbons (Fsp3) is 0.467. The Morgan fingerprint density at radius 3 is 2.55 bits per heavy atom. The van der Waals surface area contributed by atoms with E-state index < -0.39 is 11.6 Å². The number of hydrogen-bond donors (Lipinski definition) is 0. The number of benzene rings is 1. The van der Waals surface area contributed by atoms with E-state index in [0.29, 0.717) is 16.8 Å². The van der Waals surface area contributed by atoms with Crippen LogP contribution in [0.25, 0.3) is 0 Å². The second-order valence-corrected chi connectivity index (χ2v) is 7.12. The van der Waals surface area contributed by atoms with Crippen molar-refractivity contribution in [1.82, 2.24) is 0 Å². The van der Waals surface area contributed by atoms with Crippen molar-refractivity contribution >= 4 is 23.5 Å². The van der Waals surface area contributed by atoms with Crippen LogP contribution >= 0.6 is 23.5 Å². The lowest BCUT2D eigenvalue weighted by molar-refractivity contribution is 0.313. The van der Waals surface area contributed by atoms with E-state index in [1.165, 1.54) is 6.07 Å². The van der Waals surface area contributed by atoms with Crippen molar-refractivity contribution in [3.8, 4) is 5.75 Å².